The van der Waals surface area contributed by atoms with Crippen molar-refractivity contribution >= 4 is 0 Å². The Morgan fingerprint density at radius 1 is 1.32 bits per heavy atom. The molecule has 2 N–H and O–H groups in total. The van der Waals surface area contributed by atoms with Crippen LogP contribution in [-0.2, 0) is 0 Å². The van der Waals surface area contributed by atoms with Crippen LogP contribution in [0.4, 0.5) is 0 Å². The molecule has 1 aromatic rings. The number of methoxy groups -OCH3 is 1. The first-order chi connectivity index (χ1) is 10.6. The second-order valence-electron chi connectivity index (χ2n) is 6.51. The van der Waals surface area contributed by atoms with E-state index in [0.29, 0.717) is 6.54 Å². The number of hydrogen-bond acceptors (Lipinski definition) is 4. The van der Waals surface area contributed by atoms with Crippen LogP contribution in [0.2, 0.25) is 0 Å². The van der Waals surface area contributed by atoms with Crippen molar-refractivity contribution in [3.8, 4) is 5.75 Å². The first-order valence-corrected chi connectivity index (χ1v) is 8.37. The highest BCUT2D eigenvalue weighted by atomic mass is 16.5. The lowest BCUT2D eigenvalue weighted by atomic mass is 9.99. The molecule has 0 bridgehead atoms. The van der Waals surface area contributed by atoms with Crippen LogP contribution in [0.15, 0.2) is 24.3 Å². The zero-order valence-corrected chi connectivity index (χ0v) is 14.1. The van der Waals surface area contributed by atoms with Gasteiger partial charge in [0.1, 0.15) is 5.75 Å². The largest absolute Gasteiger partial charge is 0.496 e. The maximum atomic E-state index is 10.3. The van der Waals surface area contributed by atoms with Crippen LogP contribution in [0.3, 0.4) is 0 Å². The number of aliphatic hydroxyl groups is 1. The number of aliphatic hydroxyl groups excluding tert-OH is 1. The Bertz CT molecular complexity index is 444. The number of benzene rings is 1. The van der Waals surface area contributed by atoms with Crippen LogP contribution in [0.25, 0.3) is 0 Å². The maximum Gasteiger partial charge on any atom is 0.123 e. The smallest absolute Gasteiger partial charge is 0.123 e. The number of hydrogen-bond donors (Lipinski definition) is 2. The topological polar surface area (TPSA) is 44.7 Å². The van der Waals surface area contributed by atoms with Gasteiger partial charge in [-0.25, -0.2) is 0 Å². The zero-order valence-electron chi connectivity index (χ0n) is 14.1. The summed E-state index contributed by atoms with van der Waals surface area (Å²) in [7, 11) is 1.69. The van der Waals surface area contributed by atoms with Gasteiger partial charge in [0.2, 0.25) is 0 Å². The fourth-order valence-corrected chi connectivity index (χ4v) is 3.05. The summed E-state index contributed by atoms with van der Waals surface area (Å²) in [5.74, 6) is 1.72. The summed E-state index contributed by atoms with van der Waals surface area (Å²) in [6.45, 7) is 8.00. The fourth-order valence-electron chi connectivity index (χ4n) is 3.05. The molecule has 1 aromatic carbocycles. The summed E-state index contributed by atoms with van der Waals surface area (Å²) in [5.41, 5.74) is 1.13. The predicted molar refractivity (Wildman–Crippen MR) is 90.3 cm³/mol. The zero-order chi connectivity index (χ0) is 15.9. The maximum absolute atomic E-state index is 10.3. The summed E-state index contributed by atoms with van der Waals surface area (Å²) < 4.78 is 5.39. The van der Waals surface area contributed by atoms with E-state index in [9.17, 15) is 5.11 Å². The minimum absolute atomic E-state index is 0.159. The number of nitrogens with zero attached hydrogens (tertiary/aromatic N) is 1. The van der Waals surface area contributed by atoms with Gasteiger partial charge in [0, 0.05) is 24.7 Å². The number of likely N-dealkylation sites (tertiary alicyclic amines) is 1. The summed E-state index contributed by atoms with van der Waals surface area (Å²) >= 11 is 0. The van der Waals surface area contributed by atoms with Gasteiger partial charge in [-0.05, 0) is 44.8 Å². The van der Waals surface area contributed by atoms with E-state index in [-0.39, 0.29) is 12.1 Å². The average Bonchev–Trinajstić information content (AvgIpc) is 2.54. The molecule has 1 aliphatic heterocycles. The van der Waals surface area contributed by atoms with Crippen molar-refractivity contribution in [1.29, 1.82) is 0 Å². The second-order valence-corrected chi connectivity index (χ2v) is 6.51. The fraction of sp³-hybridized carbons (Fsp3) is 0.667. The average molecular weight is 306 g/mol. The van der Waals surface area contributed by atoms with Crippen LogP contribution in [0.5, 0.6) is 5.75 Å². The van der Waals surface area contributed by atoms with E-state index in [1.165, 1.54) is 12.8 Å². The lowest BCUT2D eigenvalue weighted by Crippen LogP contribution is -2.42. The number of para-hydroxylation sites is 1. The first kappa shape index (κ1) is 17.3. The Kier molecular flexibility index (Phi) is 6.68. The highest BCUT2D eigenvalue weighted by Crippen LogP contribution is 2.24. The Labute approximate surface area is 134 Å². The molecule has 0 amide bonds. The van der Waals surface area contributed by atoms with Crippen molar-refractivity contribution < 1.29 is 9.84 Å². The van der Waals surface area contributed by atoms with Gasteiger partial charge in [0.05, 0.1) is 13.2 Å². The van der Waals surface area contributed by atoms with E-state index >= 15 is 0 Å². The quantitative estimate of drug-likeness (QED) is 0.812. The number of rotatable bonds is 7. The molecule has 22 heavy (non-hydrogen) atoms. The van der Waals surface area contributed by atoms with Gasteiger partial charge in [-0.1, -0.05) is 25.1 Å². The molecule has 0 aromatic heterocycles. The van der Waals surface area contributed by atoms with Crippen molar-refractivity contribution in [2.24, 2.45) is 5.92 Å². The van der Waals surface area contributed by atoms with Crippen LogP contribution in [-0.4, -0.2) is 49.4 Å². The molecular formula is C18H30N2O2. The monoisotopic (exact) mass is 306 g/mol. The summed E-state index contributed by atoms with van der Waals surface area (Å²) in [5, 5.41) is 13.7. The molecule has 0 radical (unpaired) electrons. The molecule has 124 valence electrons. The minimum Gasteiger partial charge on any atom is -0.496 e. The van der Waals surface area contributed by atoms with Crippen LogP contribution >= 0.6 is 0 Å². The highest BCUT2D eigenvalue weighted by molar-refractivity contribution is 5.35. The van der Waals surface area contributed by atoms with Gasteiger partial charge in [-0.3, -0.25) is 0 Å². The number of piperidine rings is 1. The molecule has 1 aliphatic rings. The summed E-state index contributed by atoms with van der Waals surface area (Å²) in [6, 6.07) is 8.18. The van der Waals surface area contributed by atoms with Gasteiger partial charge < -0.3 is 20.1 Å². The molecule has 1 heterocycles. The van der Waals surface area contributed by atoms with Gasteiger partial charge in [0.15, 0.2) is 0 Å². The lowest BCUT2D eigenvalue weighted by molar-refractivity contribution is 0.0891. The van der Waals surface area contributed by atoms with E-state index in [2.05, 4.69) is 30.1 Å². The van der Waals surface area contributed by atoms with Crippen molar-refractivity contribution in [3.63, 3.8) is 0 Å². The molecule has 2 atom stereocenters. The SMILES string of the molecule is COc1ccccc1C(C)NCC(O)CN1CCC(C)CC1. The molecule has 2 rings (SSSR count). The summed E-state index contributed by atoms with van der Waals surface area (Å²) in [6.07, 6.45) is 2.17. The van der Waals surface area contributed by atoms with Crippen molar-refractivity contribution in [3.05, 3.63) is 29.8 Å². The van der Waals surface area contributed by atoms with E-state index in [0.717, 1.165) is 36.9 Å². The Hall–Kier alpha value is -1.10. The number of ether oxygens (including phenoxy) is 1. The third kappa shape index (κ3) is 4.97. The van der Waals surface area contributed by atoms with Crippen LogP contribution in [0.1, 0.15) is 38.3 Å². The number of β-amino-alcohol motifs (C(OH)–C–C–N with tert-alkyl or cyclic N) is 1. The third-order valence-corrected chi connectivity index (χ3v) is 4.61. The van der Waals surface area contributed by atoms with Crippen molar-refractivity contribution in [1.82, 2.24) is 10.2 Å². The molecular weight excluding hydrogens is 276 g/mol. The van der Waals surface area contributed by atoms with Gasteiger partial charge in [-0.2, -0.15) is 0 Å². The van der Waals surface area contributed by atoms with E-state index in [1.807, 2.05) is 18.2 Å². The van der Waals surface area contributed by atoms with E-state index in [4.69, 9.17) is 4.74 Å². The minimum atomic E-state index is -0.328. The molecule has 2 unspecified atom stereocenters. The standard InChI is InChI=1S/C18H30N2O2/c1-14-8-10-20(11-9-14)13-16(21)12-19-15(2)17-6-4-5-7-18(17)22-3/h4-7,14-16,19,21H,8-13H2,1-3H3. The van der Waals surface area contributed by atoms with Crippen LogP contribution in [0, 0.1) is 5.92 Å². The predicted octanol–water partition coefficient (Wildman–Crippen LogP) is 2.44. The van der Waals surface area contributed by atoms with Crippen molar-refractivity contribution in [2.75, 3.05) is 33.3 Å². The molecule has 0 saturated carbocycles. The third-order valence-electron chi connectivity index (χ3n) is 4.61. The second kappa shape index (κ2) is 8.51. The Balaban J connectivity index is 1.77. The van der Waals surface area contributed by atoms with E-state index in [1.54, 1.807) is 7.11 Å². The molecule has 1 saturated heterocycles. The molecule has 1 fully saturated rings. The van der Waals surface area contributed by atoms with Crippen molar-refractivity contribution in [2.45, 2.75) is 38.8 Å². The van der Waals surface area contributed by atoms with E-state index < -0.39 is 0 Å². The highest BCUT2D eigenvalue weighted by Gasteiger charge is 2.19. The lowest BCUT2D eigenvalue weighted by Gasteiger charge is -2.32. The Morgan fingerprint density at radius 2 is 2.00 bits per heavy atom. The molecule has 4 heteroatoms. The van der Waals surface area contributed by atoms with Gasteiger partial charge in [-0.15, -0.1) is 0 Å². The first-order valence-electron chi connectivity index (χ1n) is 8.37. The van der Waals surface area contributed by atoms with Crippen LogP contribution < -0.4 is 10.1 Å². The Morgan fingerprint density at radius 3 is 2.68 bits per heavy atom. The normalized spacial score (nSPS) is 19.8. The molecule has 4 nitrogen and oxygen atoms in total. The molecule has 0 spiro atoms. The number of nitrogens with one attached hydrogen (secondary N) is 1. The summed E-state index contributed by atoms with van der Waals surface area (Å²) in [4.78, 5) is 2.38. The molecule has 0 aliphatic carbocycles. The van der Waals surface area contributed by atoms with Gasteiger partial charge >= 0.3 is 0 Å². The van der Waals surface area contributed by atoms with Gasteiger partial charge in [0.25, 0.3) is 0 Å².